The molecule has 0 fully saturated rings. The van der Waals surface area contributed by atoms with Crippen molar-refractivity contribution < 1.29 is 14.6 Å². The maximum Gasteiger partial charge on any atom is 0.309 e. The first-order valence-electron chi connectivity index (χ1n) is 5.76. The smallest absolute Gasteiger partial charge is 0.309 e. The minimum atomic E-state index is -0.791. The molecule has 0 radical (unpaired) electrons. The van der Waals surface area contributed by atoms with Gasteiger partial charge in [-0.25, -0.2) is 0 Å². The molecule has 0 amide bonds. The molecule has 0 aromatic heterocycles. The van der Waals surface area contributed by atoms with Crippen LogP contribution in [0.1, 0.15) is 31.4 Å². The van der Waals surface area contributed by atoms with Gasteiger partial charge in [0.15, 0.2) is 0 Å². The van der Waals surface area contributed by atoms with Crippen LogP contribution in [0.3, 0.4) is 0 Å². The van der Waals surface area contributed by atoms with Gasteiger partial charge in [0, 0.05) is 0 Å². The third-order valence-electron chi connectivity index (χ3n) is 3.05. The number of aliphatic carboxylic acids is 1. The molecule has 0 aliphatic heterocycles. The molecule has 1 N–H and O–H groups in total. The third-order valence-corrected chi connectivity index (χ3v) is 3.05. The Morgan fingerprint density at radius 1 is 1.29 bits per heavy atom. The van der Waals surface area contributed by atoms with E-state index in [1.54, 1.807) is 13.8 Å². The van der Waals surface area contributed by atoms with Gasteiger partial charge in [0.05, 0.1) is 12.0 Å². The van der Waals surface area contributed by atoms with Crippen LogP contribution >= 0.6 is 0 Å². The molecule has 0 spiro atoms. The van der Waals surface area contributed by atoms with E-state index in [1.807, 2.05) is 32.0 Å². The molecule has 17 heavy (non-hydrogen) atoms. The van der Waals surface area contributed by atoms with E-state index in [0.29, 0.717) is 13.0 Å². The van der Waals surface area contributed by atoms with Crippen molar-refractivity contribution in [3.63, 3.8) is 0 Å². The Morgan fingerprint density at radius 3 is 2.47 bits per heavy atom. The zero-order chi connectivity index (χ0) is 13.1. The van der Waals surface area contributed by atoms with Crippen molar-refractivity contribution in [1.29, 1.82) is 0 Å². The number of carboxylic acid groups (broad SMARTS) is 1. The first-order chi connectivity index (χ1) is 7.83. The van der Waals surface area contributed by atoms with Crippen LogP contribution in [0.25, 0.3) is 0 Å². The molecule has 1 rings (SSSR count). The lowest BCUT2D eigenvalue weighted by Crippen LogP contribution is -2.25. The molecular formula is C14H20O3. The number of hydrogen-bond donors (Lipinski definition) is 1. The molecule has 1 aromatic carbocycles. The van der Waals surface area contributed by atoms with Crippen LogP contribution in [0.5, 0.6) is 5.75 Å². The Kier molecular flexibility index (Phi) is 4.16. The maximum atomic E-state index is 10.9. The topological polar surface area (TPSA) is 46.5 Å². The predicted octanol–water partition coefficient (Wildman–Crippen LogP) is 3.18. The van der Waals surface area contributed by atoms with E-state index in [4.69, 9.17) is 9.84 Å². The molecule has 0 saturated heterocycles. The molecule has 0 bridgehead atoms. The molecule has 3 heteroatoms. The highest BCUT2D eigenvalue weighted by Gasteiger charge is 2.26. The summed E-state index contributed by atoms with van der Waals surface area (Å²) in [5.41, 5.74) is 1.67. The molecule has 0 saturated carbocycles. The summed E-state index contributed by atoms with van der Waals surface area (Å²) in [6.45, 7) is 7.91. The van der Waals surface area contributed by atoms with Crippen LogP contribution in [-0.4, -0.2) is 17.7 Å². The van der Waals surface area contributed by atoms with Gasteiger partial charge in [0.25, 0.3) is 0 Å². The second-order valence-corrected chi connectivity index (χ2v) is 5.03. The fourth-order valence-corrected chi connectivity index (χ4v) is 1.33. The van der Waals surface area contributed by atoms with Crippen LogP contribution in [0, 0.1) is 19.3 Å². The first kappa shape index (κ1) is 13.6. The van der Waals surface area contributed by atoms with Gasteiger partial charge in [0.1, 0.15) is 5.75 Å². The van der Waals surface area contributed by atoms with Crippen LogP contribution in [0.2, 0.25) is 0 Å². The van der Waals surface area contributed by atoms with Gasteiger partial charge in [-0.1, -0.05) is 6.07 Å². The molecule has 0 unspecified atom stereocenters. The van der Waals surface area contributed by atoms with Crippen molar-refractivity contribution in [2.75, 3.05) is 6.61 Å². The van der Waals surface area contributed by atoms with E-state index in [0.717, 1.165) is 5.75 Å². The third kappa shape index (κ3) is 3.77. The van der Waals surface area contributed by atoms with Crippen molar-refractivity contribution in [1.82, 2.24) is 0 Å². The minimum Gasteiger partial charge on any atom is -0.494 e. The fraction of sp³-hybridized carbons (Fsp3) is 0.500. The highest BCUT2D eigenvalue weighted by molar-refractivity contribution is 5.73. The summed E-state index contributed by atoms with van der Waals surface area (Å²) in [6.07, 6.45) is 0.495. The average Bonchev–Trinajstić information content (AvgIpc) is 2.23. The molecule has 1 aromatic rings. The van der Waals surface area contributed by atoms with Gasteiger partial charge >= 0.3 is 5.97 Å². The largest absolute Gasteiger partial charge is 0.494 e. The lowest BCUT2D eigenvalue weighted by atomic mass is 9.90. The summed E-state index contributed by atoms with van der Waals surface area (Å²) < 4.78 is 5.56. The van der Waals surface area contributed by atoms with Crippen LogP contribution in [0.4, 0.5) is 0 Å². The molecule has 0 aliphatic rings. The van der Waals surface area contributed by atoms with Crippen molar-refractivity contribution in [2.24, 2.45) is 5.41 Å². The lowest BCUT2D eigenvalue weighted by Gasteiger charge is -2.19. The standard InChI is InChI=1S/C14H20O3/c1-10-5-6-12(9-11(10)2)17-8-7-14(3,4)13(15)16/h5-6,9H,7-8H2,1-4H3,(H,15,16). The van der Waals surface area contributed by atoms with E-state index in [-0.39, 0.29) is 0 Å². The van der Waals surface area contributed by atoms with E-state index in [2.05, 4.69) is 0 Å². The van der Waals surface area contributed by atoms with E-state index in [9.17, 15) is 4.79 Å². The zero-order valence-corrected chi connectivity index (χ0v) is 10.9. The second-order valence-electron chi connectivity index (χ2n) is 5.03. The highest BCUT2D eigenvalue weighted by atomic mass is 16.5. The monoisotopic (exact) mass is 236 g/mol. The van der Waals surface area contributed by atoms with E-state index in [1.165, 1.54) is 11.1 Å². The van der Waals surface area contributed by atoms with Crippen molar-refractivity contribution >= 4 is 5.97 Å². The summed E-state index contributed by atoms with van der Waals surface area (Å²) in [4.78, 5) is 10.9. The minimum absolute atomic E-state index is 0.418. The molecular weight excluding hydrogens is 216 g/mol. The average molecular weight is 236 g/mol. The number of carbonyl (C=O) groups is 1. The van der Waals surface area contributed by atoms with Crippen LogP contribution < -0.4 is 4.74 Å². The molecule has 3 nitrogen and oxygen atoms in total. The molecule has 94 valence electrons. The Hall–Kier alpha value is -1.51. The van der Waals surface area contributed by atoms with Gasteiger partial charge in [-0.15, -0.1) is 0 Å². The summed E-state index contributed by atoms with van der Waals surface area (Å²) in [5, 5.41) is 8.96. The molecule has 0 aliphatic carbocycles. The first-order valence-corrected chi connectivity index (χ1v) is 5.76. The number of carboxylic acids is 1. The van der Waals surface area contributed by atoms with Crippen LogP contribution in [-0.2, 0) is 4.79 Å². The van der Waals surface area contributed by atoms with Gasteiger partial charge in [0.2, 0.25) is 0 Å². The Bertz CT molecular complexity index is 408. The van der Waals surface area contributed by atoms with Crippen molar-refractivity contribution in [3.8, 4) is 5.75 Å². The summed E-state index contributed by atoms with van der Waals surface area (Å²) in [7, 11) is 0. The molecule has 0 atom stereocenters. The van der Waals surface area contributed by atoms with Crippen molar-refractivity contribution in [3.05, 3.63) is 29.3 Å². The quantitative estimate of drug-likeness (QED) is 0.854. The number of benzene rings is 1. The molecule has 0 heterocycles. The fourth-order valence-electron chi connectivity index (χ4n) is 1.33. The van der Waals surface area contributed by atoms with Crippen LogP contribution in [0.15, 0.2) is 18.2 Å². The SMILES string of the molecule is Cc1ccc(OCCC(C)(C)C(=O)O)cc1C. The second kappa shape index (κ2) is 5.21. The number of rotatable bonds is 5. The van der Waals surface area contributed by atoms with E-state index < -0.39 is 11.4 Å². The Balaban J connectivity index is 2.51. The highest BCUT2D eigenvalue weighted by Crippen LogP contribution is 2.22. The summed E-state index contributed by atoms with van der Waals surface area (Å²) in [6, 6.07) is 5.90. The Morgan fingerprint density at radius 2 is 1.94 bits per heavy atom. The zero-order valence-electron chi connectivity index (χ0n) is 10.9. The van der Waals surface area contributed by atoms with Gasteiger partial charge in [-0.05, 0) is 57.4 Å². The normalized spacial score (nSPS) is 11.3. The maximum absolute atomic E-state index is 10.9. The number of aryl methyl sites for hydroxylation is 2. The van der Waals surface area contributed by atoms with Gasteiger partial charge in [-0.2, -0.15) is 0 Å². The van der Waals surface area contributed by atoms with Crippen molar-refractivity contribution in [2.45, 2.75) is 34.1 Å². The summed E-state index contributed by atoms with van der Waals surface area (Å²) >= 11 is 0. The number of hydrogen-bond acceptors (Lipinski definition) is 2. The number of ether oxygens (including phenoxy) is 1. The predicted molar refractivity (Wildman–Crippen MR) is 67.4 cm³/mol. The van der Waals surface area contributed by atoms with Gasteiger partial charge < -0.3 is 9.84 Å². The van der Waals surface area contributed by atoms with E-state index >= 15 is 0 Å². The summed E-state index contributed by atoms with van der Waals surface area (Å²) in [5.74, 6) is 0.00970. The van der Waals surface area contributed by atoms with Gasteiger partial charge in [-0.3, -0.25) is 4.79 Å². The lowest BCUT2D eigenvalue weighted by molar-refractivity contribution is -0.147. The Labute approximate surface area is 102 Å².